The van der Waals surface area contributed by atoms with E-state index in [1.165, 1.54) is 11.3 Å². The SMILES string of the molecule is Cc1c2c(nn1C)-c1ccnc(Cl)c1N(C)C2C. The van der Waals surface area contributed by atoms with E-state index >= 15 is 0 Å². The van der Waals surface area contributed by atoms with Crippen LogP contribution in [0.15, 0.2) is 12.3 Å². The van der Waals surface area contributed by atoms with E-state index in [1.54, 1.807) is 6.20 Å². The van der Waals surface area contributed by atoms with Gasteiger partial charge in [-0.1, -0.05) is 11.6 Å². The second-order valence-electron chi connectivity index (χ2n) is 4.76. The van der Waals surface area contributed by atoms with Crippen LogP contribution in [0, 0.1) is 6.92 Å². The molecule has 0 spiro atoms. The maximum Gasteiger partial charge on any atom is 0.152 e. The fraction of sp³-hybridized carbons (Fsp3) is 0.385. The third-order valence-corrected chi connectivity index (χ3v) is 4.14. The first kappa shape index (κ1) is 11.5. The lowest BCUT2D eigenvalue weighted by Crippen LogP contribution is -2.26. The molecule has 1 aliphatic rings. The molecule has 0 bridgehead atoms. The molecule has 18 heavy (non-hydrogen) atoms. The van der Waals surface area contributed by atoms with E-state index in [2.05, 4.69) is 28.8 Å². The number of aromatic nitrogens is 3. The molecule has 0 saturated heterocycles. The molecule has 4 nitrogen and oxygen atoms in total. The van der Waals surface area contributed by atoms with Crippen molar-refractivity contribution in [2.45, 2.75) is 19.9 Å². The number of aryl methyl sites for hydroxylation is 1. The molecule has 1 atom stereocenters. The van der Waals surface area contributed by atoms with Crippen molar-refractivity contribution in [2.24, 2.45) is 7.05 Å². The Bertz CT molecular complexity index is 632. The molecule has 2 aromatic rings. The second-order valence-corrected chi connectivity index (χ2v) is 5.11. The third-order valence-electron chi connectivity index (χ3n) is 3.87. The van der Waals surface area contributed by atoms with Gasteiger partial charge in [-0.3, -0.25) is 4.68 Å². The van der Waals surface area contributed by atoms with Gasteiger partial charge >= 0.3 is 0 Å². The van der Waals surface area contributed by atoms with E-state index in [0.29, 0.717) is 5.15 Å². The van der Waals surface area contributed by atoms with Crippen LogP contribution in [0.5, 0.6) is 0 Å². The summed E-state index contributed by atoms with van der Waals surface area (Å²) in [5, 5.41) is 5.16. The first-order chi connectivity index (χ1) is 8.52. The number of halogens is 1. The molecule has 0 radical (unpaired) electrons. The van der Waals surface area contributed by atoms with Crippen LogP contribution in [-0.4, -0.2) is 21.8 Å². The molecule has 0 saturated carbocycles. The number of anilines is 1. The zero-order valence-corrected chi connectivity index (χ0v) is 11.7. The Morgan fingerprint density at radius 3 is 2.78 bits per heavy atom. The average Bonchev–Trinajstić information content (AvgIpc) is 2.63. The monoisotopic (exact) mass is 262 g/mol. The van der Waals surface area contributed by atoms with E-state index < -0.39 is 0 Å². The molecule has 3 heterocycles. The highest BCUT2D eigenvalue weighted by Gasteiger charge is 2.32. The zero-order chi connectivity index (χ0) is 13.0. The predicted octanol–water partition coefficient (Wildman–Crippen LogP) is 2.95. The minimum absolute atomic E-state index is 0.253. The average molecular weight is 263 g/mol. The molecule has 2 aromatic heterocycles. The lowest BCUT2D eigenvalue weighted by molar-refractivity contribution is 0.711. The van der Waals surface area contributed by atoms with Gasteiger partial charge in [-0.05, 0) is 19.9 Å². The Hall–Kier alpha value is -1.55. The first-order valence-corrected chi connectivity index (χ1v) is 6.31. The highest BCUT2D eigenvalue weighted by atomic mass is 35.5. The molecule has 1 unspecified atom stereocenters. The van der Waals surface area contributed by atoms with Crippen LogP contribution >= 0.6 is 11.6 Å². The molecule has 5 heteroatoms. The maximum absolute atomic E-state index is 6.23. The molecular formula is C13H15ClN4. The summed E-state index contributed by atoms with van der Waals surface area (Å²) in [5.41, 5.74) is 5.53. The van der Waals surface area contributed by atoms with Crippen molar-refractivity contribution >= 4 is 17.3 Å². The first-order valence-electron chi connectivity index (χ1n) is 5.93. The van der Waals surface area contributed by atoms with Gasteiger partial charge in [0, 0.05) is 37.1 Å². The fourth-order valence-electron chi connectivity index (χ4n) is 2.67. The van der Waals surface area contributed by atoms with Crippen molar-refractivity contribution in [1.29, 1.82) is 0 Å². The predicted molar refractivity (Wildman–Crippen MR) is 73.0 cm³/mol. The van der Waals surface area contributed by atoms with Gasteiger partial charge in [0.1, 0.15) is 5.69 Å². The van der Waals surface area contributed by atoms with Gasteiger partial charge in [-0.15, -0.1) is 0 Å². The fourth-order valence-corrected chi connectivity index (χ4v) is 2.96. The van der Waals surface area contributed by atoms with Crippen LogP contribution in [0.2, 0.25) is 5.15 Å². The number of fused-ring (bicyclic) bond motifs is 3. The standard InChI is InChI=1S/C13H15ClN4/c1-7-10-8(2)18(4)16-11(10)9-5-6-15-13(14)12(9)17(7)3/h5-7H,1-4H3. The van der Waals surface area contributed by atoms with E-state index in [1.807, 2.05) is 24.8 Å². The zero-order valence-electron chi connectivity index (χ0n) is 10.9. The van der Waals surface area contributed by atoms with Crippen molar-refractivity contribution in [2.75, 3.05) is 11.9 Å². The van der Waals surface area contributed by atoms with Gasteiger partial charge in [0.15, 0.2) is 5.15 Å². The normalized spacial score (nSPS) is 17.6. The number of rotatable bonds is 0. The summed E-state index contributed by atoms with van der Waals surface area (Å²) in [5.74, 6) is 0. The van der Waals surface area contributed by atoms with Crippen molar-refractivity contribution in [3.05, 3.63) is 28.7 Å². The van der Waals surface area contributed by atoms with Crippen molar-refractivity contribution in [3.8, 4) is 11.3 Å². The van der Waals surface area contributed by atoms with E-state index in [4.69, 9.17) is 11.6 Å². The highest BCUT2D eigenvalue weighted by molar-refractivity contribution is 6.32. The van der Waals surface area contributed by atoms with E-state index in [9.17, 15) is 0 Å². The largest absolute Gasteiger partial charge is 0.365 e. The summed E-state index contributed by atoms with van der Waals surface area (Å²) >= 11 is 6.23. The van der Waals surface area contributed by atoms with Crippen molar-refractivity contribution < 1.29 is 0 Å². The highest BCUT2D eigenvalue weighted by Crippen LogP contribution is 2.46. The van der Waals surface area contributed by atoms with Gasteiger partial charge in [-0.2, -0.15) is 5.10 Å². The topological polar surface area (TPSA) is 34.0 Å². The number of pyridine rings is 1. The summed E-state index contributed by atoms with van der Waals surface area (Å²) in [4.78, 5) is 6.34. The van der Waals surface area contributed by atoms with Crippen LogP contribution < -0.4 is 4.90 Å². The summed E-state index contributed by atoms with van der Waals surface area (Å²) in [7, 11) is 4.02. The molecule has 0 amide bonds. The number of nitrogens with zero attached hydrogens (tertiary/aromatic N) is 4. The van der Waals surface area contributed by atoms with Gasteiger partial charge in [0.25, 0.3) is 0 Å². The Morgan fingerprint density at radius 1 is 1.33 bits per heavy atom. The van der Waals surface area contributed by atoms with Gasteiger partial charge in [-0.25, -0.2) is 4.98 Å². The summed E-state index contributed by atoms with van der Waals surface area (Å²) in [6, 6.07) is 2.23. The quantitative estimate of drug-likeness (QED) is 0.685. The Kier molecular flexibility index (Phi) is 2.38. The van der Waals surface area contributed by atoms with Gasteiger partial charge in [0.2, 0.25) is 0 Å². The Morgan fingerprint density at radius 2 is 2.06 bits per heavy atom. The molecule has 94 valence electrons. The molecule has 0 aromatic carbocycles. The lowest BCUT2D eigenvalue weighted by atomic mass is 9.94. The molecular weight excluding hydrogens is 248 g/mol. The Labute approximate surface area is 111 Å². The van der Waals surface area contributed by atoms with E-state index in [-0.39, 0.29) is 6.04 Å². The number of hydrogen-bond acceptors (Lipinski definition) is 3. The molecule has 3 rings (SSSR count). The smallest absolute Gasteiger partial charge is 0.152 e. The lowest BCUT2D eigenvalue weighted by Gasteiger charge is -2.33. The van der Waals surface area contributed by atoms with Crippen molar-refractivity contribution in [1.82, 2.24) is 14.8 Å². The van der Waals surface area contributed by atoms with Crippen LogP contribution in [-0.2, 0) is 7.05 Å². The van der Waals surface area contributed by atoms with Gasteiger partial charge < -0.3 is 4.90 Å². The summed E-state index contributed by atoms with van der Waals surface area (Å²) < 4.78 is 1.93. The van der Waals surface area contributed by atoms with Crippen LogP contribution in [0.4, 0.5) is 5.69 Å². The third kappa shape index (κ3) is 1.32. The Balaban J connectivity index is 2.38. The minimum atomic E-state index is 0.253. The van der Waals surface area contributed by atoms with Crippen molar-refractivity contribution in [3.63, 3.8) is 0 Å². The number of hydrogen-bond donors (Lipinski definition) is 0. The van der Waals surface area contributed by atoms with Gasteiger partial charge in [0.05, 0.1) is 11.7 Å². The van der Waals surface area contributed by atoms with Crippen LogP contribution in [0.3, 0.4) is 0 Å². The maximum atomic E-state index is 6.23. The van der Waals surface area contributed by atoms with Crippen LogP contribution in [0.25, 0.3) is 11.3 Å². The molecule has 0 fully saturated rings. The summed E-state index contributed by atoms with van der Waals surface area (Å²) in [6.45, 7) is 4.27. The van der Waals surface area contributed by atoms with E-state index in [0.717, 1.165) is 16.9 Å². The minimum Gasteiger partial charge on any atom is -0.365 e. The molecule has 0 aliphatic carbocycles. The van der Waals surface area contributed by atoms with Crippen LogP contribution in [0.1, 0.15) is 24.2 Å². The second kappa shape index (κ2) is 3.72. The molecule has 0 N–H and O–H groups in total. The summed E-state index contributed by atoms with van der Waals surface area (Å²) in [6.07, 6.45) is 1.73. The molecule has 1 aliphatic heterocycles.